The van der Waals surface area contributed by atoms with E-state index in [0.29, 0.717) is 19.7 Å². The first-order valence-corrected chi connectivity index (χ1v) is 5.93. The Kier molecular flexibility index (Phi) is 5.83. The van der Waals surface area contributed by atoms with Crippen molar-refractivity contribution in [3.05, 3.63) is 12.7 Å². The summed E-state index contributed by atoms with van der Waals surface area (Å²) in [5.74, 6) is -0.477. The smallest absolute Gasteiger partial charge is 0.325 e. The van der Waals surface area contributed by atoms with Gasteiger partial charge >= 0.3 is 5.97 Å². The number of hydrogen-bond acceptors (Lipinski definition) is 5. The van der Waals surface area contributed by atoms with E-state index < -0.39 is 0 Å². The predicted octanol–water partition coefficient (Wildman–Crippen LogP) is 0.0798. The van der Waals surface area contributed by atoms with Crippen LogP contribution in [0.2, 0.25) is 0 Å². The van der Waals surface area contributed by atoms with Crippen molar-refractivity contribution in [2.24, 2.45) is 0 Å². The van der Waals surface area contributed by atoms with Crippen molar-refractivity contribution < 1.29 is 14.3 Å². The quantitative estimate of drug-likeness (QED) is 0.644. The second kappa shape index (κ2) is 7.41. The third-order valence-electron chi connectivity index (χ3n) is 2.38. The number of aromatic nitrogens is 3. The van der Waals surface area contributed by atoms with E-state index >= 15 is 0 Å². The van der Waals surface area contributed by atoms with Gasteiger partial charge in [0.15, 0.2) is 0 Å². The number of hydrogen-bond donors (Lipinski definition) is 0. The lowest BCUT2D eigenvalue weighted by Gasteiger charge is -2.19. The molecule has 1 aromatic rings. The number of amides is 1. The molecule has 1 amide bonds. The summed E-state index contributed by atoms with van der Waals surface area (Å²) < 4.78 is 6.39. The van der Waals surface area contributed by atoms with Crippen molar-refractivity contribution in [2.45, 2.75) is 26.8 Å². The molecule has 1 aromatic heterocycles. The van der Waals surface area contributed by atoms with Crippen LogP contribution in [-0.2, 0) is 20.9 Å². The minimum Gasteiger partial charge on any atom is -0.465 e. The molecule has 7 heteroatoms. The first kappa shape index (κ1) is 14.1. The molecule has 0 atom stereocenters. The number of esters is 1. The molecule has 0 aliphatic heterocycles. The normalized spacial score (nSPS) is 10.1. The van der Waals surface area contributed by atoms with Crippen LogP contribution in [0.1, 0.15) is 20.3 Å². The van der Waals surface area contributed by atoms with Gasteiger partial charge in [-0.05, 0) is 13.8 Å². The van der Waals surface area contributed by atoms with E-state index in [1.54, 1.807) is 17.9 Å². The van der Waals surface area contributed by atoms with Crippen molar-refractivity contribution in [1.82, 2.24) is 19.7 Å². The van der Waals surface area contributed by atoms with Crippen LogP contribution in [0.25, 0.3) is 0 Å². The molecular formula is C11H18N4O3. The zero-order valence-electron chi connectivity index (χ0n) is 10.7. The summed E-state index contributed by atoms with van der Waals surface area (Å²) in [4.78, 5) is 28.4. The van der Waals surface area contributed by atoms with E-state index in [4.69, 9.17) is 4.74 Å². The number of nitrogens with zero attached hydrogens (tertiary/aromatic N) is 4. The highest BCUT2D eigenvalue weighted by Crippen LogP contribution is 1.97. The zero-order chi connectivity index (χ0) is 13.4. The summed E-state index contributed by atoms with van der Waals surface area (Å²) in [6.07, 6.45) is 3.26. The average molecular weight is 254 g/mol. The van der Waals surface area contributed by atoms with Gasteiger partial charge in [0.05, 0.1) is 13.2 Å². The molecule has 0 saturated carbocycles. The maximum atomic E-state index is 11.9. The first-order valence-electron chi connectivity index (χ1n) is 5.93. The molecule has 0 spiro atoms. The number of ether oxygens (including phenoxy) is 1. The molecule has 0 saturated heterocycles. The van der Waals surface area contributed by atoms with Crippen LogP contribution in [0.5, 0.6) is 0 Å². The zero-order valence-corrected chi connectivity index (χ0v) is 10.7. The Morgan fingerprint density at radius 1 is 1.39 bits per heavy atom. The Morgan fingerprint density at radius 2 is 2.17 bits per heavy atom. The second-order valence-electron chi connectivity index (χ2n) is 3.62. The van der Waals surface area contributed by atoms with Gasteiger partial charge in [0.2, 0.25) is 5.91 Å². The fourth-order valence-corrected chi connectivity index (χ4v) is 1.46. The number of carbonyl (C=O) groups is 2. The fourth-order valence-electron chi connectivity index (χ4n) is 1.46. The Hall–Kier alpha value is -1.92. The molecule has 18 heavy (non-hydrogen) atoms. The lowest BCUT2D eigenvalue weighted by molar-refractivity contribution is -0.148. The Bertz CT molecular complexity index is 378. The van der Waals surface area contributed by atoms with Gasteiger partial charge in [0.25, 0.3) is 0 Å². The van der Waals surface area contributed by atoms with Crippen molar-refractivity contribution >= 4 is 11.9 Å². The number of rotatable bonds is 7. The summed E-state index contributed by atoms with van der Waals surface area (Å²) in [7, 11) is 0. The highest BCUT2D eigenvalue weighted by molar-refractivity contribution is 5.81. The molecule has 0 unspecified atom stereocenters. The fraction of sp³-hybridized carbons (Fsp3) is 0.636. The third-order valence-corrected chi connectivity index (χ3v) is 2.38. The minimum atomic E-state index is -0.381. The van der Waals surface area contributed by atoms with Crippen molar-refractivity contribution in [2.75, 3.05) is 19.7 Å². The molecule has 0 aromatic carbocycles. The van der Waals surface area contributed by atoms with Gasteiger partial charge in [0, 0.05) is 13.0 Å². The Labute approximate surface area is 106 Å². The molecule has 100 valence electrons. The average Bonchev–Trinajstić information content (AvgIpc) is 2.86. The Morgan fingerprint density at radius 3 is 2.72 bits per heavy atom. The molecule has 0 aliphatic carbocycles. The maximum absolute atomic E-state index is 11.9. The van der Waals surface area contributed by atoms with Crippen LogP contribution in [0, 0.1) is 0 Å². The molecule has 1 heterocycles. The minimum absolute atomic E-state index is 0.000526. The summed E-state index contributed by atoms with van der Waals surface area (Å²) in [5.41, 5.74) is 0. The van der Waals surface area contributed by atoms with Crippen LogP contribution < -0.4 is 0 Å². The highest BCUT2D eigenvalue weighted by Gasteiger charge is 2.15. The maximum Gasteiger partial charge on any atom is 0.325 e. The Balaban J connectivity index is 2.39. The number of carbonyl (C=O) groups excluding carboxylic acids is 2. The SMILES string of the molecule is CCOC(=O)CN(CC)C(=O)CCn1cncn1. The van der Waals surface area contributed by atoms with Crippen molar-refractivity contribution in [3.8, 4) is 0 Å². The van der Waals surface area contributed by atoms with Crippen molar-refractivity contribution in [1.29, 1.82) is 0 Å². The van der Waals surface area contributed by atoms with E-state index in [0.717, 1.165) is 0 Å². The van der Waals surface area contributed by atoms with Crippen LogP contribution in [0.3, 0.4) is 0 Å². The summed E-state index contributed by atoms with van der Waals surface area (Å²) in [6, 6.07) is 0. The van der Waals surface area contributed by atoms with Gasteiger partial charge in [0.1, 0.15) is 19.2 Å². The summed E-state index contributed by atoms with van der Waals surface area (Å²) >= 11 is 0. The summed E-state index contributed by atoms with van der Waals surface area (Å²) in [5, 5.41) is 3.91. The van der Waals surface area contributed by atoms with Gasteiger partial charge < -0.3 is 9.64 Å². The summed E-state index contributed by atoms with van der Waals surface area (Å²) in [6.45, 7) is 4.82. The van der Waals surface area contributed by atoms with Gasteiger partial charge in [-0.25, -0.2) is 4.98 Å². The van der Waals surface area contributed by atoms with Gasteiger partial charge in [-0.3, -0.25) is 14.3 Å². The molecule has 0 N–H and O–H groups in total. The van der Waals surface area contributed by atoms with Gasteiger partial charge in [-0.15, -0.1) is 0 Å². The second-order valence-corrected chi connectivity index (χ2v) is 3.62. The first-order chi connectivity index (χ1) is 8.67. The molecule has 1 rings (SSSR count). The highest BCUT2D eigenvalue weighted by atomic mass is 16.5. The lowest BCUT2D eigenvalue weighted by Crippen LogP contribution is -2.36. The van der Waals surface area contributed by atoms with Gasteiger partial charge in [-0.1, -0.05) is 0 Å². The molecule has 0 radical (unpaired) electrons. The monoisotopic (exact) mass is 254 g/mol. The third kappa shape index (κ3) is 4.52. The van der Waals surface area contributed by atoms with Crippen LogP contribution in [-0.4, -0.2) is 51.2 Å². The molecular weight excluding hydrogens is 236 g/mol. The number of likely N-dealkylation sites (N-methyl/N-ethyl adjacent to an activating group) is 1. The number of aryl methyl sites for hydroxylation is 1. The molecule has 0 fully saturated rings. The largest absolute Gasteiger partial charge is 0.465 e. The van der Waals surface area contributed by atoms with Crippen LogP contribution >= 0.6 is 0 Å². The van der Waals surface area contributed by atoms with Gasteiger partial charge in [-0.2, -0.15) is 5.10 Å². The topological polar surface area (TPSA) is 77.3 Å². The van der Waals surface area contributed by atoms with Crippen LogP contribution in [0.15, 0.2) is 12.7 Å². The predicted molar refractivity (Wildman–Crippen MR) is 63.5 cm³/mol. The molecule has 0 aliphatic rings. The van der Waals surface area contributed by atoms with Crippen LogP contribution in [0.4, 0.5) is 0 Å². The molecule has 0 bridgehead atoms. The molecule has 7 nitrogen and oxygen atoms in total. The van der Waals surface area contributed by atoms with E-state index in [2.05, 4.69) is 10.1 Å². The van der Waals surface area contributed by atoms with E-state index in [-0.39, 0.29) is 24.8 Å². The van der Waals surface area contributed by atoms with Crippen molar-refractivity contribution in [3.63, 3.8) is 0 Å². The standard InChI is InChI=1S/C11H18N4O3/c1-3-14(7-11(17)18-4-2)10(16)5-6-15-9-12-8-13-15/h8-9H,3-7H2,1-2H3. The van der Waals surface area contributed by atoms with E-state index in [9.17, 15) is 9.59 Å². The van der Waals surface area contributed by atoms with E-state index in [1.807, 2.05) is 6.92 Å². The van der Waals surface area contributed by atoms with E-state index in [1.165, 1.54) is 11.2 Å². The lowest BCUT2D eigenvalue weighted by atomic mass is 10.3.